The van der Waals surface area contributed by atoms with E-state index in [0.717, 1.165) is 25.7 Å². The SMILES string of the molecule is COC[C@@H](C)NCC1(O)CCCCC1. The average Bonchev–Trinajstić information content (AvgIpc) is 2.17. The number of hydrogen-bond donors (Lipinski definition) is 2. The molecule has 84 valence electrons. The standard InChI is InChI=1S/C11H23NO2/c1-10(8-14-2)12-9-11(13)6-4-3-5-7-11/h10,12-13H,3-9H2,1-2H3/t10-/m1/s1. The Morgan fingerprint density at radius 2 is 2.00 bits per heavy atom. The minimum absolute atomic E-state index is 0.325. The van der Waals surface area contributed by atoms with E-state index in [1.807, 2.05) is 0 Å². The van der Waals surface area contributed by atoms with Crippen molar-refractivity contribution in [2.45, 2.75) is 50.7 Å². The molecule has 0 aromatic carbocycles. The average molecular weight is 201 g/mol. The van der Waals surface area contributed by atoms with E-state index in [9.17, 15) is 5.11 Å². The maximum atomic E-state index is 10.2. The highest BCUT2D eigenvalue weighted by Crippen LogP contribution is 2.27. The fourth-order valence-electron chi connectivity index (χ4n) is 2.06. The molecule has 14 heavy (non-hydrogen) atoms. The predicted molar refractivity (Wildman–Crippen MR) is 57.4 cm³/mol. The van der Waals surface area contributed by atoms with Gasteiger partial charge in [0.15, 0.2) is 0 Å². The summed E-state index contributed by atoms with van der Waals surface area (Å²) in [5.74, 6) is 0. The number of methoxy groups -OCH3 is 1. The van der Waals surface area contributed by atoms with Gasteiger partial charge in [0.2, 0.25) is 0 Å². The Kier molecular flexibility index (Phi) is 4.85. The highest BCUT2D eigenvalue weighted by atomic mass is 16.5. The molecule has 0 heterocycles. The summed E-state index contributed by atoms with van der Waals surface area (Å²) in [5, 5.41) is 13.5. The molecule has 3 nitrogen and oxygen atoms in total. The highest BCUT2D eigenvalue weighted by Gasteiger charge is 2.28. The molecule has 0 radical (unpaired) electrons. The first-order valence-corrected chi connectivity index (χ1v) is 5.61. The molecule has 1 rings (SSSR count). The van der Waals surface area contributed by atoms with E-state index in [-0.39, 0.29) is 0 Å². The van der Waals surface area contributed by atoms with Crippen LogP contribution in [0.1, 0.15) is 39.0 Å². The van der Waals surface area contributed by atoms with Gasteiger partial charge in [0.1, 0.15) is 0 Å². The van der Waals surface area contributed by atoms with E-state index in [1.54, 1.807) is 7.11 Å². The summed E-state index contributed by atoms with van der Waals surface area (Å²) in [6.45, 7) is 3.49. The Hall–Kier alpha value is -0.120. The molecule has 0 amide bonds. The fourth-order valence-corrected chi connectivity index (χ4v) is 2.06. The molecule has 3 heteroatoms. The maximum Gasteiger partial charge on any atom is 0.0771 e. The van der Waals surface area contributed by atoms with Gasteiger partial charge in [-0.05, 0) is 19.8 Å². The van der Waals surface area contributed by atoms with E-state index in [4.69, 9.17) is 4.74 Å². The first-order chi connectivity index (χ1) is 6.66. The third kappa shape index (κ3) is 3.95. The summed E-state index contributed by atoms with van der Waals surface area (Å²) in [6.07, 6.45) is 5.49. The predicted octanol–water partition coefficient (Wildman–Crippen LogP) is 1.31. The summed E-state index contributed by atoms with van der Waals surface area (Å²) >= 11 is 0. The van der Waals surface area contributed by atoms with Crippen molar-refractivity contribution in [3.05, 3.63) is 0 Å². The quantitative estimate of drug-likeness (QED) is 0.704. The number of nitrogens with one attached hydrogen (secondary N) is 1. The Morgan fingerprint density at radius 3 is 2.57 bits per heavy atom. The lowest BCUT2D eigenvalue weighted by Crippen LogP contribution is -2.46. The Balaban J connectivity index is 2.21. The van der Waals surface area contributed by atoms with Gasteiger partial charge in [-0.25, -0.2) is 0 Å². The minimum atomic E-state index is -0.458. The van der Waals surface area contributed by atoms with Crippen LogP contribution in [0.3, 0.4) is 0 Å². The zero-order valence-corrected chi connectivity index (χ0v) is 9.38. The lowest BCUT2D eigenvalue weighted by molar-refractivity contribution is 0.000912. The molecule has 1 fully saturated rings. The van der Waals surface area contributed by atoms with Crippen molar-refractivity contribution >= 4 is 0 Å². The molecule has 0 spiro atoms. The first-order valence-electron chi connectivity index (χ1n) is 5.61. The van der Waals surface area contributed by atoms with Crippen molar-refractivity contribution in [2.75, 3.05) is 20.3 Å². The lowest BCUT2D eigenvalue weighted by atomic mass is 9.85. The normalized spacial score (nSPS) is 23.4. The molecule has 1 aliphatic carbocycles. The molecule has 2 N–H and O–H groups in total. The summed E-state index contributed by atoms with van der Waals surface area (Å²) < 4.78 is 5.03. The van der Waals surface area contributed by atoms with Crippen molar-refractivity contribution in [3.8, 4) is 0 Å². The zero-order chi connectivity index (χ0) is 10.4. The van der Waals surface area contributed by atoms with E-state index >= 15 is 0 Å². The van der Waals surface area contributed by atoms with Crippen LogP contribution in [0, 0.1) is 0 Å². The van der Waals surface area contributed by atoms with Crippen molar-refractivity contribution < 1.29 is 9.84 Å². The summed E-state index contributed by atoms with van der Waals surface area (Å²) in [5.41, 5.74) is -0.458. The number of rotatable bonds is 5. The van der Waals surface area contributed by atoms with Crippen LogP contribution in [0.5, 0.6) is 0 Å². The molecule has 1 aliphatic rings. The maximum absolute atomic E-state index is 10.2. The number of hydrogen-bond acceptors (Lipinski definition) is 3. The van der Waals surface area contributed by atoms with E-state index in [2.05, 4.69) is 12.2 Å². The molecule has 0 saturated heterocycles. The molecule has 0 aliphatic heterocycles. The Labute approximate surface area is 86.8 Å². The second kappa shape index (κ2) is 5.69. The van der Waals surface area contributed by atoms with Crippen molar-refractivity contribution in [1.82, 2.24) is 5.32 Å². The molecule has 0 bridgehead atoms. The highest BCUT2D eigenvalue weighted by molar-refractivity contribution is 4.85. The first kappa shape index (κ1) is 12.0. The van der Waals surface area contributed by atoms with Gasteiger partial charge in [-0.2, -0.15) is 0 Å². The molecule has 1 atom stereocenters. The summed E-state index contributed by atoms with van der Waals surface area (Å²) in [6, 6.07) is 0.325. The van der Waals surface area contributed by atoms with Gasteiger partial charge in [0.05, 0.1) is 12.2 Å². The van der Waals surface area contributed by atoms with Crippen LogP contribution in [0.25, 0.3) is 0 Å². The minimum Gasteiger partial charge on any atom is -0.389 e. The van der Waals surface area contributed by atoms with Gasteiger partial charge in [-0.3, -0.25) is 0 Å². The monoisotopic (exact) mass is 201 g/mol. The van der Waals surface area contributed by atoms with Crippen LogP contribution < -0.4 is 5.32 Å². The molecule has 0 unspecified atom stereocenters. The fraction of sp³-hybridized carbons (Fsp3) is 1.00. The second-order valence-electron chi connectivity index (χ2n) is 4.52. The molecule has 1 saturated carbocycles. The van der Waals surface area contributed by atoms with Gasteiger partial charge < -0.3 is 15.2 Å². The van der Waals surface area contributed by atoms with E-state index in [1.165, 1.54) is 6.42 Å². The summed E-state index contributed by atoms with van der Waals surface area (Å²) in [7, 11) is 1.70. The van der Waals surface area contributed by atoms with Gasteiger partial charge >= 0.3 is 0 Å². The topological polar surface area (TPSA) is 41.5 Å². The number of ether oxygens (including phenoxy) is 1. The molecular weight excluding hydrogens is 178 g/mol. The molecule has 0 aromatic rings. The van der Waals surface area contributed by atoms with Gasteiger partial charge in [0, 0.05) is 19.7 Å². The van der Waals surface area contributed by atoms with Gasteiger partial charge in [0.25, 0.3) is 0 Å². The third-order valence-corrected chi connectivity index (χ3v) is 2.98. The largest absolute Gasteiger partial charge is 0.389 e. The van der Waals surface area contributed by atoms with Crippen molar-refractivity contribution in [3.63, 3.8) is 0 Å². The Bertz CT molecular complexity index is 155. The van der Waals surface area contributed by atoms with Gasteiger partial charge in [-0.15, -0.1) is 0 Å². The zero-order valence-electron chi connectivity index (χ0n) is 9.38. The van der Waals surface area contributed by atoms with Crippen LogP contribution in [0.2, 0.25) is 0 Å². The van der Waals surface area contributed by atoms with Crippen LogP contribution in [0.15, 0.2) is 0 Å². The van der Waals surface area contributed by atoms with Crippen molar-refractivity contribution in [2.24, 2.45) is 0 Å². The van der Waals surface area contributed by atoms with Gasteiger partial charge in [-0.1, -0.05) is 19.3 Å². The van der Waals surface area contributed by atoms with Crippen LogP contribution in [0.4, 0.5) is 0 Å². The second-order valence-corrected chi connectivity index (χ2v) is 4.52. The van der Waals surface area contributed by atoms with Crippen LogP contribution >= 0.6 is 0 Å². The third-order valence-electron chi connectivity index (χ3n) is 2.98. The smallest absolute Gasteiger partial charge is 0.0771 e. The molecular formula is C11H23NO2. The Morgan fingerprint density at radius 1 is 1.36 bits per heavy atom. The van der Waals surface area contributed by atoms with E-state index in [0.29, 0.717) is 19.2 Å². The van der Waals surface area contributed by atoms with Crippen LogP contribution in [-0.2, 0) is 4.74 Å². The van der Waals surface area contributed by atoms with Crippen molar-refractivity contribution in [1.29, 1.82) is 0 Å². The number of aliphatic hydroxyl groups is 1. The van der Waals surface area contributed by atoms with Crippen LogP contribution in [-0.4, -0.2) is 37.0 Å². The lowest BCUT2D eigenvalue weighted by Gasteiger charge is -2.33. The summed E-state index contributed by atoms with van der Waals surface area (Å²) in [4.78, 5) is 0. The molecule has 0 aromatic heterocycles. The van der Waals surface area contributed by atoms with E-state index < -0.39 is 5.60 Å².